The number of phenols is 1. The molecule has 0 radical (unpaired) electrons. The number of carboxylic acid groups (broad SMARTS) is 1. The monoisotopic (exact) mass is 595 g/mol. The van der Waals surface area contributed by atoms with E-state index < -0.39 is 5.97 Å². The quantitative estimate of drug-likeness (QED) is 0.173. The van der Waals surface area contributed by atoms with E-state index in [0.29, 0.717) is 18.2 Å². The molecule has 1 fully saturated rings. The van der Waals surface area contributed by atoms with E-state index in [1.165, 1.54) is 61.7 Å². The van der Waals surface area contributed by atoms with E-state index in [1.807, 2.05) is 47.6 Å². The molecule has 0 bridgehead atoms. The van der Waals surface area contributed by atoms with Crippen molar-refractivity contribution in [3.8, 4) is 5.75 Å². The van der Waals surface area contributed by atoms with Crippen LogP contribution in [0.4, 0.5) is 5.69 Å². The molecule has 0 aliphatic heterocycles. The summed E-state index contributed by atoms with van der Waals surface area (Å²) in [6, 6.07) is 24.8. The maximum absolute atomic E-state index is 14.1. The van der Waals surface area contributed by atoms with Crippen LogP contribution in [0.2, 0.25) is 0 Å². The third kappa shape index (κ3) is 8.24. The van der Waals surface area contributed by atoms with Gasteiger partial charge in [-0.3, -0.25) is 9.78 Å². The van der Waals surface area contributed by atoms with Crippen LogP contribution in [0.5, 0.6) is 5.75 Å². The lowest BCUT2D eigenvalue weighted by atomic mass is 9.84. The highest BCUT2D eigenvalue weighted by molar-refractivity contribution is 7.97. The number of hydrogen-bond acceptors (Lipinski definition) is 6. The Morgan fingerprint density at radius 3 is 2.30 bits per heavy atom. The molecule has 1 aliphatic rings. The molecule has 5 rings (SSSR count). The summed E-state index contributed by atoms with van der Waals surface area (Å²) >= 11 is 1.50. The number of carboxylic acids is 1. The van der Waals surface area contributed by atoms with E-state index in [1.54, 1.807) is 23.4 Å². The van der Waals surface area contributed by atoms with Gasteiger partial charge in [-0.1, -0.05) is 67.3 Å². The molecule has 222 valence electrons. The van der Waals surface area contributed by atoms with Gasteiger partial charge in [0.15, 0.2) is 0 Å². The number of aromatic hydroxyl groups is 1. The minimum atomic E-state index is -1.22. The summed E-state index contributed by atoms with van der Waals surface area (Å²) in [5, 5.41) is 19.9. The Hall–Kier alpha value is -4.14. The summed E-state index contributed by atoms with van der Waals surface area (Å²) in [6.45, 7) is 2.89. The Bertz CT molecular complexity index is 1520. The Balaban J connectivity index is 1.41. The van der Waals surface area contributed by atoms with Crippen molar-refractivity contribution >= 4 is 29.5 Å². The number of aromatic nitrogens is 1. The van der Waals surface area contributed by atoms with Gasteiger partial charge < -0.3 is 15.1 Å². The molecule has 1 amide bonds. The van der Waals surface area contributed by atoms with Crippen LogP contribution in [0.15, 0.2) is 96.2 Å². The first-order valence-corrected chi connectivity index (χ1v) is 15.5. The zero-order valence-corrected chi connectivity index (χ0v) is 25.2. The van der Waals surface area contributed by atoms with Crippen LogP contribution in [0.25, 0.3) is 0 Å². The first-order chi connectivity index (χ1) is 20.9. The largest absolute Gasteiger partial charge is 0.507 e. The van der Waals surface area contributed by atoms with E-state index in [0.717, 1.165) is 21.6 Å². The average molecular weight is 596 g/mol. The molecule has 8 heteroatoms. The van der Waals surface area contributed by atoms with Crippen LogP contribution in [0.1, 0.15) is 70.6 Å². The maximum Gasteiger partial charge on any atom is 0.339 e. The number of carbonyl (C=O) groups excluding carboxylic acids is 1. The standard InChI is InChI=1S/C35H37N3O4S/c1-25-9-16-31(17-10-25)43-37(22-27-6-5-19-36-21-27)24-34(40)38(30-15-18-32(35(41)42)33(39)20-30)23-26-11-13-29(14-12-26)28-7-3-2-4-8-28/h5-6,9-21,28,39H,2-4,7-8,22-24H2,1H3,(H,41,42). The third-order valence-corrected chi connectivity index (χ3v) is 8.87. The molecule has 3 aromatic carbocycles. The van der Waals surface area contributed by atoms with E-state index in [4.69, 9.17) is 0 Å². The summed E-state index contributed by atoms with van der Waals surface area (Å²) < 4.78 is 1.99. The maximum atomic E-state index is 14.1. The highest BCUT2D eigenvalue weighted by Crippen LogP contribution is 2.33. The van der Waals surface area contributed by atoms with Crippen molar-refractivity contribution in [2.75, 3.05) is 11.4 Å². The molecule has 43 heavy (non-hydrogen) atoms. The number of pyridine rings is 1. The van der Waals surface area contributed by atoms with Crippen molar-refractivity contribution in [1.29, 1.82) is 0 Å². The SMILES string of the molecule is Cc1ccc(SN(CC(=O)N(Cc2ccc(C3CCCCC3)cc2)c2ccc(C(=O)O)c(O)c2)Cc2cccnc2)cc1. The Kier molecular flexibility index (Phi) is 10.1. The summed E-state index contributed by atoms with van der Waals surface area (Å²) in [5.74, 6) is -1.20. The first kappa shape index (κ1) is 30.3. The lowest BCUT2D eigenvalue weighted by molar-refractivity contribution is -0.118. The van der Waals surface area contributed by atoms with Crippen molar-refractivity contribution in [2.24, 2.45) is 0 Å². The van der Waals surface area contributed by atoms with Gasteiger partial charge in [-0.15, -0.1) is 0 Å². The van der Waals surface area contributed by atoms with E-state index in [9.17, 15) is 19.8 Å². The predicted molar refractivity (Wildman–Crippen MR) is 170 cm³/mol. The number of aryl methyl sites for hydroxylation is 1. The smallest absolute Gasteiger partial charge is 0.339 e. The molecular weight excluding hydrogens is 558 g/mol. The number of carbonyl (C=O) groups is 2. The van der Waals surface area contributed by atoms with Gasteiger partial charge in [-0.05, 0) is 84.7 Å². The number of hydrogen-bond donors (Lipinski definition) is 2. The van der Waals surface area contributed by atoms with Gasteiger partial charge in [0.1, 0.15) is 11.3 Å². The molecule has 0 unspecified atom stereocenters. The molecule has 2 N–H and O–H groups in total. The molecule has 1 heterocycles. The van der Waals surface area contributed by atoms with Crippen LogP contribution in [-0.2, 0) is 17.9 Å². The zero-order valence-electron chi connectivity index (χ0n) is 24.4. The fourth-order valence-electron chi connectivity index (χ4n) is 5.51. The summed E-state index contributed by atoms with van der Waals surface area (Å²) in [4.78, 5) is 32.5. The molecule has 1 aliphatic carbocycles. The molecule has 0 saturated heterocycles. The van der Waals surface area contributed by atoms with Crippen molar-refractivity contribution in [1.82, 2.24) is 9.29 Å². The lowest BCUT2D eigenvalue weighted by Crippen LogP contribution is -2.37. The highest BCUT2D eigenvalue weighted by Gasteiger charge is 2.23. The number of benzene rings is 3. The molecule has 0 atom stereocenters. The van der Waals surface area contributed by atoms with Crippen LogP contribution in [0.3, 0.4) is 0 Å². The Labute approximate surface area is 257 Å². The van der Waals surface area contributed by atoms with Gasteiger partial charge in [0.25, 0.3) is 0 Å². The number of anilines is 1. The van der Waals surface area contributed by atoms with Crippen molar-refractivity contribution in [2.45, 2.75) is 62.9 Å². The van der Waals surface area contributed by atoms with Gasteiger partial charge in [-0.25, -0.2) is 9.10 Å². The predicted octanol–water partition coefficient (Wildman–Crippen LogP) is 7.58. The third-order valence-electron chi connectivity index (χ3n) is 7.87. The molecule has 1 aromatic heterocycles. The molecule has 7 nitrogen and oxygen atoms in total. The number of nitrogens with zero attached hydrogens (tertiary/aromatic N) is 3. The zero-order chi connectivity index (χ0) is 30.2. The summed E-state index contributed by atoms with van der Waals surface area (Å²) in [7, 11) is 0. The summed E-state index contributed by atoms with van der Waals surface area (Å²) in [6.07, 6.45) is 9.78. The second kappa shape index (κ2) is 14.4. The van der Waals surface area contributed by atoms with Crippen LogP contribution >= 0.6 is 11.9 Å². The van der Waals surface area contributed by atoms with E-state index in [-0.39, 0.29) is 30.3 Å². The normalized spacial score (nSPS) is 13.6. The van der Waals surface area contributed by atoms with Gasteiger partial charge in [0.05, 0.1) is 13.1 Å². The lowest BCUT2D eigenvalue weighted by Gasteiger charge is -2.28. The van der Waals surface area contributed by atoms with Crippen LogP contribution in [0, 0.1) is 6.92 Å². The fourth-order valence-corrected chi connectivity index (χ4v) is 6.45. The van der Waals surface area contributed by atoms with E-state index >= 15 is 0 Å². The number of rotatable bonds is 11. The van der Waals surface area contributed by atoms with E-state index in [2.05, 4.69) is 29.2 Å². The highest BCUT2D eigenvalue weighted by atomic mass is 32.2. The minimum Gasteiger partial charge on any atom is -0.507 e. The molecular formula is C35H37N3O4S. The van der Waals surface area contributed by atoms with Crippen LogP contribution < -0.4 is 4.90 Å². The average Bonchev–Trinajstić information content (AvgIpc) is 3.02. The van der Waals surface area contributed by atoms with Crippen molar-refractivity contribution in [3.63, 3.8) is 0 Å². The second-order valence-electron chi connectivity index (χ2n) is 11.1. The van der Waals surface area contributed by atoms with Crippen molar-refractivity contribution in [3.05, 3.63) is 119 Å². The number of amides is 1. The van der Waals surface area contributed by atoms with Crippen LogP contribution in [-0.4, -0.2) is 37.9 Å². The van der Waals surface area contributed by atoms with Crippen molar-refractivity contribution < 1.29 is 19.8 Å². The van der Waals surface area contributed by atoms with Gasteiger partial charge in [0, 0.05) is 35.6 Å². The molecule has 0 spiro atoms. The Morgan fingerprint density at radius 2 is 1.65 bits per heavy atom. The molecule has 1 saturated carbocycles. The second-order valence-corrected chi connectivity index (χ2v) is 12.3. The topological polar surface area (TPSA) is 94.0 Å². The number of aromatic carboxylic acids is 1. The van der Waals surface area contributed by atoms with Gasteiger partial charge in [-0.2, -0.15) is 0 Å². The van der Waals surface area contributed by atoms with Gasteiger partial charge in [0.2, 0.25) is 5.91 Å². The Morgan fingerprint density at radius 1 is 0.907 bits per heavy atom. The minimum absolute atomic E-state index is 0.0784. The molecule has 4 aromatic rings. The fraction of sp³-hybridized carbons (Fsp3) is 0.286. The van der Waals surface area contributed by atoms with Gasteiger partial charge >= 0.3 is 5.97 Å². The first-order valence-electron chi connectivity index (χ1n) is 14.7. The summed E-state index contributed by atoms with van der Waals surface area (Å²) in [5.41, 5.74) is 4.65.